The normalized spacial score (nSPS) is 12.6. The van der Waals surface area contributed by atoms with Crippen LogP contribution in [0.2, 0.25) is 0 Å². The molecule has 10 nitrogen and oxygen atoms in total. The van der Waals surface area contributed by atoms with Gasteiger partial charge in [0.05, 0.1) is 0 Å². The zero-order chi connectivity index (χ0) is 23.5. The molecule has 0 aromatic heterocycles. The predicted octanol–water partition coefficient (Wildman–Crippen LogP) is 1.55. The van der Waals surface area contributed by atoms with E-state index in [1.807, 2.05) is 6.92 Å². The molecule has 2 N–H and O–H groups in total. The summed E-state index contributed by atoms with van der Waals surface area (Å²) in [7, 11) is -4.12. The molecule has 0 aliphatic rings. The Labute approximate surface area is 177 Å². The summed E-state index contributed by atoms with van der Waals surface area (Å²) in [6, 6.07) is 0. The number of hydrogen-bond donors (Lipinski definition) is 1. The van der Waals surface area contributed by atoms with Crippen molar-refractivity contribution in [3.8, 4) is 0 Å². The van der Waals surface area contributed by atoms with Gasteiger partial charge in [0, 0.05) is 11.1 Å². The summed E-state index contributed by atoms with van der Waals surface area (Å²) < 4.78 is 42.6. The molecule has 0 heterocycles. The Hall–Kier alpha value is -2.24. The zero-order valence-corrected chi connectivity index (χ0v) is 18.7. The van der Waals surface area contributed by atoms with Crippen LogP contribution in [0.3, 0.4) is 0 Å². The van der Waals surface area contributed by atoms with Gasteiger partial charge in [0.1, 0.15) is 30.5 Å². The number of rotatable bonds is 14. The van der Waals surface area contributed by atoms with Crippen LogP contribution in [-0.4, -0.2) is 51.4 Å². The molecular formula is C19H31NO9S. The third-order valence-corrected chi connectivity index (χ3v) is 5.56. The summed E-state index contributed by atoms with van der Waals surface area (Å²) in [6.07, 6.45) is 1.36. The number of nitrogens with two attached hydrogens (primary N) is 1. The Morgan fingerprint density at radius 2 is 1.47 bits per heavy atom. The molecular weight excluding hydrogens is 418 g/mol. The second kappa shape index (κ2) is 12.5. The van der Waals surface area contributed by atoms with Crippen molar-refractivity contribution in [1.29, 1.82) is 0 Å². The first-order valence-electron chi connectivity index (χ1n) is 9.27. The van der Waals surface area contributed by atoms with Crippen LogP contribution in [0, 0.1) is 5.41 Å². The van der Waals surface area contributed by atoms with Gasteiger partial charge in [-0.25, -0.2) is 9.59 Å². The maximum atomic E-state index is 12.9. The summed E-state index contributed by atoms with van der Waals surface area (Å²) in [5.41, 5.74) is -1.31. The smallest absolute Gasteiger partial charge is 0.333 e. The average Bonchev–Trinajstić information content (AvgIpc) is 2.70. The fourth-order valence-corrected chi connectivity index (χ4v) is 2.52. The fourth-order valence-electron chi connectivity index (χ4n) is 2.10. The highest BCUT2D eigenvalue weighted by Crippen LogP contribution is 2.29. The molecule has 1 atom stereocenters. The Balaban J connectivity index is 5.70. The summed E-state index contributed by atoms with van der Waals surface area (Å²) in [6.45, 7) is 11.5. The zero-order valence-electron chi connectivity index (χ0n) is 17.9. The summed E-state index contributed by atoms with van der Waals surface area (Å²) >= 11 is 0. The van der Waals surface area contributed by atoms with Gasteiger partial charge < -0.3 is 14.2 Å². The number of carbonyl (C=O) groups excluding carboxylic acids is 3. The monoisotopic (exact) mass is 449 g/mol. The molecule has 0 aromatic rings. The Kier molecular flexibility index (Phi) is 11.5. The highest BCUT2D eigenvalue weighted by atomic mass is 32.2. The molecule has 172 valence electrons. The van der Waals surface area contributed by atoms with Gasteiger partial charge in [-0.1, -0.05) is 32.9 Å². The van der Waals surface area contributed by atoms with Crippen LogP contribution < -0.4 is 5.90 Å². The van der Waals surface area contributed by atoms with E-state index in [0.29, 0.717) is 12.8 Å². The van der Waals surface area contributed by atoms with Crippen molar-refractivity contribution in [3.05, 3.63) is 24.3 Å². The highest BCUT2D eigenvalue weighted by molar-refractivity contribution is 7.87. The van der Waals surface area contributed by atoms with E-state index in [1.54, 1.807) is 0 Å². The molecule has 0 saturated carbocycles. The van der Waals surface area contributed by atoms with Gasteiger partial charge in [0.15, 0.2) is 0 Å². The van der Waals surface area contributed by atoms with Crippen LogP contribution in [0.5, 0.6) is 0 Å². The number of unbranched alkanes of at least 4 members (excludes halogenated alkanes) is 1. The summed E-state index contributed by atoms with van der Waals surface area (Å²) in [5.74, 6) is 2.37. The quantitative estimate of drug-likeness (QED) is 0.179. The lowest BCUT2D eigenvalue weighted by molar-refractivity contribution is -0.170. The van der Waals surface area contributed by atoms with E-state index >= 15 is 0 Å². The van der Waals surface area contributed by atoms with Crippen LogP contribution in [-0.2, 0) is 43.0 Å². The molecule has 30 heavy (non-hydrogen) atoms. The van der Waals surface area contributed by atoms with Crippen molar-refractivity contribution in [2.24, 2.45) is 11.3 Å². The molecule has 0 aliphatic carbocycles. The second-order valence-electron chi connectivity index (χ2n) is 7.09. The lowest BCUT2D eigenvalue weighted by Crippen LogP contribution is -2.44. The molecule has 0 fully saturated rings. The first-order valence-corrected chi connectivity index (χ1v) is 10.7. The van der Waals surface area contributed by atoms with E-state index in [0.717, 1.165) is 0 Å². The van der Waals surface area contributed by atoms with Crippen molar-refractivity contribution in [3.63, 3.8) is 0 Å². The molecule has 11 heteroatoms. The van der Waals surface area contributed by atoms with Crippen LogP contribution >= 0.6 is 0 Å². The number of carbonyl (C=O) groups is 3. The fraction of sp³-hybridized carbons (Fsp3) is 0.632. The first kappa shape index (κ1) is 27.8. The third-order valence-electron chi connectivity index (χ3n) is 4.17. The van der Waals surface area contributed by atoms with Crippen LogP contribution in [0.4, 0.5) is 0 Å². The van der Waals surface area contributed by atoms with E-state index in [1.165, 1.54) is 20.8 Å². The van der Waals surface area contributed by atoms with Gasteiger partial charge in [-0.15, -0.1) is 0 Å². The SMILES string of the molecule is C=C(C)C(=O)OCC(CCCC)(COC(=O)C(=C)C)C(=O)OCC(C)S(=O)(=O)ON. The predicted molar refractivity (Wildman–Crippen MR) is 108 cm³/mol. The van der Waals surface area contributed by atoms with Gasteiger partial charge in [0.25, 0.3) is 10.1 Å². The first-order chi connectivity index (χ1) is 13.8. The third kappa shape index (κ3) is 8.64. The van der Waals surface area contributed by atoms with Gasteiger partial charge in [-0.05, 0) is 27.2 Å². The van der Waals surface area contributed by atoms with E-state index in [2.05, 4.69) is 17.4 Å². The topological polar surface area (TPSA) is 148 Å². The van der Waals surface area contributed by atoms with Gasteiger partial charge in [-0.2, -0.15) is 18.6 Å². The largest absolute Gasteiger partial charge is 0.464 e. The summed E-state index contributed by atoms with van der Waals surface area (Å²) in [4.78, 5) is 36.7. The molecule has 0 rings (SSSR count). The minimum Gasteiger partial charge on any atom is -0.464 e. The van der Waals surface area contributed by atoms with Crippen LogP contribution in [0.1, 0.15) is 47.0 Å². The van der Waals surface area contributed by atoms with E-state index in [4.69, 9.17) is 20.1 Å². The van der Waals surface area contributed by atoms with Crippen molar-refractivity contribution < 1.29 is 41.3 Å². The minimum absolute atomic E-state index is 0.117. The molecule has 0 spiro atoms. The molecule has 0 amide bonds. The Morgan fingerprint density at radius 1 is 1.00 bits per heavy atom. The van der Waals surface area contributed by atoms with E-state index < -0.39 is 58.5 Å². The maximum absolute atomic E-state index is 12.9. The van der Waals surface area contributed by atoms with Crippen molar-refractivity contribution in [1.82, 2.24) is 0 Å². The molecule has 0 aliphatic heterocycles. The number of esters is 3. The molecule has 1 unspecified atom stereocenters. The standard InChI is InChI=1S/C19H31NO9S/c1-7-8-9-19(11-27-16(21)13(2)3,12-28-17(22)14(4)5)18(23)26-10-15(6)30(24,25)29-20/h15H,2,4,7-12,20H2,1,3,5-6H3. The molecule has 0 aromatic carbocycles. The minimum atomic E-state index is -4.12. The van der Waals surface area contributed by atoms with Gasteiger partial charge in [0.2, 0.25) is 0 Å². The molecule has 0 radical (unpaired) electrons. The molecule has 0 saturated heterocycles. The highest BCUT2D eigenvalue weighted by Gasteiger charge is 2.43. The average molecular weight is 450 g/mol. The second-order valence-corrected chi connectivity index (χ2v) is 9.08. The van der Waals surface area contributed by atoms with Crippen LogP contribution in [0.25, 0.3) is 0 Å². The lowest BCUT2D eigenvalue weighted by atomic mass is 9.84. The maximum Gasteiger partial charge on any atom is 0.333 e. The van der Waals surface area contributed by atoms with Gasteiger partial charge in [-0.3, -0.25) is 4.79 Å². The Bertz CT molecular complexity index is 728. The number of ether oxygens (including phenoxy) is 3. The summed E-state index contributed by atoms with van der Waals surface area (Å²) in [5, 5.41) is -1.24. The van der Waals surface area contributed by atoms with Crippen molar-refractivity contribution >= 4 is 28.0 Å². The van der Waals surface area contributed by atoms with Crippen molar-refractivity contribution in [2.75, 3.05) is 19.8 Å². The Morgan fingerprint density at radius 3 is 1.83 bits per heavy atom. The van der Waals surface area contributed by atoms with E-state index in [-0.39, 0.29) is 17.6 Å². The number of hydrogen-bond acceptors (Lipinski definition) is 10. The lowest BCUT2D eigenvalue weighted by Gasteiger charge is -2.31. The van der Waals surface area contributed by atoms with Gasteiger partial charge >= 0.3 is 17.9 Å². The van der Waals surface area contributed by atoms with E-state index in [9.17, 15) is 22.8 Å². The van der Waals surface area contributed by atoms with Crippen molar-refractivity contribution in [2.45, 2.75) is 52.2 Å². The van der Waals surface area contributed by atoms with Crippen LogP contribution in [0.15, 0.2) is 24.3 Å². The molecule has 0 bridgehead atoms.